The topological polar surface area (TPSA) is 27.6 Å². The summed E-state index contributed by atoms with van der Waals surface area (Å²) in [5, 5.41) is 3.07. The van der Waals surface area contributed by atoms with Gasteiger partial charge in [0.25, 0.3) is 0 Å². The van der Waals surface area contributed by atoms with Gasteiger partial charge in [-0.15, -0.1) is 0 Å². The van der Waals surface area contributed by atoms with Crippen LogP contribution in [0.3, 0.4) is 0 Å². The Hall–Kier alpha value is -2.43. The van der Waals surface area contributed by atoms with Crippen molar-refractivity contribution in [3.8, 4) is 0 Å². The zero-order chi connectivity index (χ0) is 17.0. The van der Waals surface area contributed by atoms with E-state index in [4.69, 9.17) is 0 Å². The van der Waals surface area contributed by atoms with E-state index in [9.17, 15) is 8.78 Å². The summed E-state index contributed by atoms with van der Waals surface area (Å²) in [6, 6.07) is 7.40. The Labute approximate surface area is 135 Å². The number of nitrogens with zero attached hydrogens (tertiary/aromatic N) is 2. The molecule has 122 valence electrons. The van der Waals surface area contributed by atoms with Crippen LogP contribution in [0.5, 0.6) is 0 Å². The van der Waals surface area contributed by atoms with Crippen molar-refractivity contribution in [2.24, 2.45) is 4.99 Å². The van der Waals surface area contributed by atoms with E-state index < -0.39 is 5.82 Å². The van der Waals surface area contributed by atoms with E-state index in [-0.39, 0.29) is 5.82 Å². The summed E-state index contributed by atoms with van der Waals surface area (Å²) >= 11 is 0. The molecule has 0 heterocycles. The number of anilines is 2. The Kier molecular flexibility index (Phi) is 5.32. The summed E-state index contributed by atoms with van der Waals surface area (Å²) in [7, 11) is 1.90. The maximum Gasteiger partial charge on any atom is 0.127 e. The number of rotatable bonds is 5. The van der Waals surface area contributed by atoms with E-state index in [1.165, 1.54) is 24.3 Å². The van der Waals surface area contributed by atoms with Crippen LogP contribution in [-0.4, -0.2) is 24.8 Å². The molecule has 0 aliphatic heterocycles. The number of hydrogen-bond donors (Lipinski definition) is 1. The molecule has 0 saturated carbocycles. The zero-order valence-corrected chi connectivity index (χ0v) is 13.8. The highest BCUT2D eigenvalue weighted by molar-refractivity contribution is 5.72. The van der Waals surface area contributed by atoms with Crippen LogP contribution in [0.1, 0.15) is 18.1 Å². The molecule has 0 aromatic heterocycles. The average molecular weight is 317 g/mol. The SMILES string of the molecule is CCN(C)C=Nc1cc(F)cc(Nc2cc(C)cc(F)c2)c1C. The van der Waals surface area contributed by atoms with E-state index in [0.717, 1.165) is 17.7 Å². The maximum absolute atomic E-state index is 13.9. The first-order valence-corrected chi connectivity index (χ1v) is 7.48. The fourth-order valence-electron chi connectivity index (χ4n) is 2.13. The Morgan fingerprint density at radius 1 is 1.09 bits per heavy atom. The van der Waals surface area contributed by atoms with E-state index in [1.807, 2.05) is 32.7 Å². The van der Waals surface area contributed by atoms with E-state index in [1.54, 1.807) is 12.4 Å². The van der Waals surface area contributed by atoms with Crippen LogP contribution in [0.4, 0.5) is 25.8 Å². The molecule has 2 aromatic carbocycles. The van der Waals surface area contributed by atoms with E-state index in [0.29, 0.717) is 17.1 Å². The number of hydrogen-bond acceptors (Lipinski definition) is 2. The van der Waals surface area contributed by atoms with Crippen molar-refractivity contribution < 1.29 is 8.78 Å². The van der Waals surface area contributed by atoms with Crippen LogP contribution in [-0.2, 0) is 0 Å². The fraction of sp³-hybridized carbons (Fsp3) is 0.278. The van der Waals surface area contributed by atoms with Crippen LogP contribution in [0.25, 0.3) is 0 Å². The lowest BCUT2D eigenvalue weighted by molar-refractivity contribution is 0.552. The molecule has 0 unspecified atom stereocenters. The predicted octanol–water partition coefficient (Wildman–Crippen LogP) is 4.94. The summed E-state index contributed by atoms with van der Waals surface area (Å²) in [4.78, 5) is 6.22. The molecule has 0 aliphatic carbocycles. The molecule has 0 bridgehead atoms. The number of aliphatic imine (C=N–C) groups is 1. The number of benzene rings is 2. The monoisotopic (exact) mass is 317 g/mol. The minimum absolute atomic E-state index is 0.329. The molecule has 0 radical (unpaired) electrons. The summed E-state index contributed by atoms with van der Waals surface area (Å²) in [6.07, 6.45) is 1.66. The highest BCUT2D eigenvalue weighted by Gasteiger charge is 2.08. The summed E-state index contributed by atoms with van der Waals surface area (Å²) < 4.78 is 27.4. The van der Waals surface area contributed by atoms with Gasteiger partial charge in [0, 0.05) is 25.0 Å². The third-order valence-corrected chi connectivity index (χ3v) is 3.56. The molecule has 5 heteroatoms. The van der Waals surface area contributed by atoms with Gasteiger partial charge >= 0.3 is 0 Å². The van der Waals surface area contributed by atoms with Crippen molar-refractivity contribution in [3.05, 3.63) is 53.1 Å². The molecule has 0 atom stereocenters. The third-order valence-electron chi connectivity index (χ3n) is 3.56. The lowest BCUT2D eigenvalue weighted by Crippen LogP contribution is -2.14. The molecule has 0 amide bonds. The Morgan fingerprint density at radius 2 is 1.78 bits per heavy atom. The second kappa shape index (κ2) is 7.22. The van der Waals surface area contributed by atoms with E-state index in [2.05, 4.69) is 10.3 Å². The zero-order valence-electron chi connectivity index (χ0n) is 13.8. The van der Waals surface area contributed by atoms with Crippen molar-refractivity contribution >= 4 is 23.4 Å². The molecule has 1 N–H and O–H groups in total. The Morgan fingerprint density at radius 3 is 2.43 bits per heavy atom. The molecule has 3 nitrogen and oxygen atoms in total. The molecule has 0 spiro atoms. The van der Waals surface area contributed by atoms with Gasteiger partial charge in [0.2, 0.25) is 0 Å². The highest BCUT2D eigenvalue weighted by Crippen LogP contribution is 2.30. The molecule has 2 rings (SSSR count). The van der Waals surface area contributed by atoms with Gasteiger partial charge in [0.05, 0.1) is 12.0 Å². The number of halogens is 2. The molecule has 23 heavy (non-hydrogen) atoms. The largest absolute Gasteiger partial charge is 0.366 e. The van der Waals surface area contributed by atoms with Crippen LogP contribution < -0.4 is 5.32 Å². The van der Waals surface area contributed by atoms with Crippen molar-refractivity contribution in [2.45, 2.75) is 20.8 Å². The number of aryl methyl sites for hydroxylation is 1. The van der Waals surface area contributed by atoms with Gasteiger partial charge in [0.1, 0.15) is 11.6 Å². The lowest BCUT2D eigenvalue weighted by Gasteiger charge is -2.14. The van der Waals surface area contributed by atoms with Gasteiger partial charge in [-0.2, -0.15) is 0 Å². The van der Waals surface area contributed by atoms with Gasteiger partial charge in [-0.1, -0.05) is 0 Å². The highest BCUT2D eigenvalue weighted by atomic mass is 19.1. The maximum atomic E-state index is 13.9. The lowest BCUT2D eigenvalue weighted by atomic mass is 10.1. The first-order valence-electron chi connectivity index (χ1n) is 7.48. The van der Waals surface area contributed by atoms with Crippen LogP contribution >= 0.6 is 0 Å². The molecular formula is C18H21F2N3. The van der Waals surface area contributed by atoms with Gasteiger partial charge in [-0.25, -0.2) is 13.8 Å². The summed E-state index contributed by atoms with van der Waals surface area (Å²) in [5.41, 5.74) is 3.29. The van der Waals surface area contributed by atoms with Crippen LogP contribution in [0, 0.1) is 25.5 Å². The third kappa shape index (κ3) is 4.52. The first kappa shape index (κ1) is 16.9. The van der Waals surface area contributed by atoms with Crippen molar-refractivity contribution in [3.63, 3.8) is 0 Å². The smallest absolute Gasteiger partial charge is 0.127 e. The molecule has 0 fully saturated rings. The predicted molar refractivity (Wildman–Crippen MR) is 92.0 cm³/mol. The second-order valence-corrected chi connectivity index (χ2v) is 5.56. The Bertz CT molecular complexity index is 706. The second-order valence-electron chi connectivity index (χ2n) is 5.56. The normalized spacial score (nSPS) is 11.0. The average Bonchev–Trinajstić information content (AvgIpc) is 2.47. The molecule has 0 aliphatic rings. The van der Waals surface area contributed by atoms with Crippen molar-refractivity contribution in [1.82, 2.24) is 4.90 Å². The standard InChI is InChI=1S/C18H21F2N3/c1-5-23(4)11-21-17-9-15(20)10-18(13(17)3)22-16-7-12(2)6-14(19)8-16/h6-11,22H,5H2,1-4H3. The van der Waals surface area contributed by atoms with Gasteiger partial charge in [0.15, 0.2) is 0 Å². The van der Waals surface area contributed by atoms with E-state index >= 15 is 0 Å². The quantitative estimate of drug-likeness (QED) is 0.625. The van der Waals surface area contributed by atoms with Gasteiger partial charge in [-0.05, 0) is 62.2 Å². The molecule has 2 aromatic rings. The van der Waals surface area contributed by atoms with Gasteiger partial charge in [-0.3, -0.25) is 0 Å². The van der Waals surface area contributed by atoms with Gasteiger partial charge < -0.3 is 10.2 Å². The summed E-state index contributed by atoms with van der Waals surface area (Å²) in [6.45, 7) is 6.48. The summed E-state index contributed by atoms with van der Waals surface area (Å²) in [5.74, 6) is -0.720. The molecular weight excluding hydrogens is 296 g/mol. The minimum atomic E-state index is -0.391. The van der Waals surface area contributed by atoms with Crippen molar-refractivity contribution in [1.29, 1.82) is 0 Å². The first-order chi connectivity index (χ1) is 10.9. The number of nitrogens with one attached hydrogen (secondary N) is 1. The van der Waals surface area contributed by atoms with Crippen molar-refractivity contribution in [2.75, 3.05) is 18.9 Å². The molecule has 0 saturated heterocycles. The minimum Gasteiger partial charge on any atom is -0.366 e. The fourth-order valence-corrected chi connectivity index (χ4v) is 2.13. The van der Waals surface area contributed by atoms with Crippen LogP contribution in [0.15, 0.2) is 35.3 Å². The van der Waals surface area contributed by atoms with Crippen LogP contribution in [0.2, 0.25) is 0 Å². The Balaban J connectivity index is 2.35.